The average Bonchev–Trinajstić information content (AvgIpc) is 3.11. The highest BCUT2D eigenvalue weighted by atomic mass is 35.5. The highest BCUT2D eigenvalue weighted by molar-refractivity contribution is 8.18. The average molecular weight is 397 g/mol. The first-order chi connectivity index (χ1) is 11.8. The lowest BCUT2D eigenvalue weighted by Crippen LogP contribution is -2.36. The molecule has 1 aliphatic rings. The van der Waals surface area contributed by atoms with Crippen LogP contribution in [0.4, 0.5) is 4.79 Å². The molecule has 2 aromatic rings. The fourth-order valence-electron chi connectivity index (χ4n) is 2.16. The van der Waals surface area contributed by atoms with Crippen LogP contribution in [-0.4, -0.2) is 28.5 Å². The Morgan fingerprint density at radius 2 is 1.96 bits per heavy atom. The number of hydrogen-bond donors (Lipinski definition) is 1. The predicted octanol–water partition coefficient (Wildman–Crippen LogP) is 3.78. The summed E-state index contributed by atoms with van der Waals surface area (Å²) in [6.45, 7) is -0.450. The summed E-state index contributed by atoms with van der Waals surface area (Å²) in [5.41, 5.74) is 5.75. The van der Waals surface area contributed by atoms with E-state index in [2.05, 4.69) is 0 Å². The van der Waals surface area contributed by atoms with Crippen molar-refractivity contribution >= 4 is 58.1 Å². The minimum absolute atomic E-state index is 0.154. The first-order valence-electron chi connectivity index (χ1n) is 6.94. The van der Waals surface area contributed by atoms with Gasteiger partial charge in [0.2, 0.25) is 5.91 Å². The number of carbonyl (C=O) groups excluding carboxylic acids is 3. The second kappa shape index (κ2) is 6.95. The van der Waals surface area contributed by atoms with Crippen molar-refractivity contribution in [2.24, 2.45) is 5.73 Å². The maximum atomic E-state index is 12.1. The number of hydrogen-bond acceptors (Lipinski definition) is 5. The number of carbonyl (C=O) groups is 3. The van der Waals surface area contributed by atoms with E-state index in [1.54, 1.807) is 30.3 Å². The predicted molar refractivity (Wildman–Crippen MR) is 96.0 cm³/mol. The molecule has 2 heterocycles. The topological polar surface area (TPSA) is 93.6 Å². The summed E-state index contributed by atoms with van der Waals surface area (Å²) in [7, 11) is 0. The Morgan fingerprint density at radius 3 is 2.64 bits per heavy atom. The normalized spacial score (nSPS) is 16.1. The van der Waals surface area contributed by atoms with Crippen LogP contribution >= 0.6 is 35.0 Å². The number of imide groups is 1. The van der Waals surface area contributed by atoms with Crippen LogP contribution in [0.25, 0.3) is 17.4 Å². The zero-order valence-corrected chi connectivity index (χ0v) is 14.8. The van der Waals surface area contributed by atoms with Crippen LogP contribution in [0.15, 0.2) is 39.7 Å². The van der Waals surface area contributed by atoms with E-state index in [1.807, 2.05) is 0 Å². The van der Waals surface area contributed by atoms with Gasteiger partial charge in [-0.3, -0.25) is 19.3 Å². The molecule has 0 spiro atoms. The van der Waals surface area contributed by atoms with Gasteiger partial charge in [0.1, 0.15) is 18.1 Å². The fourth-order valence-corrected chi connectivity index (χ4v) is 3.27. The Balaban J connectivity index is 1.84. The van der Waals surface area contributed by atoms with Crippen LogP contribution in [-0.2, 0) is 9.59 Å². The van der Waals surface area contributed by atoms with E-state index in [0.29, 0.717) is 21.6 Å². The van der Waals surface area contributed by atoms with Gasteiger partial charge in [0.05, 0.1) is 15.0 Å². The van der Waals surface area contributed by atoms with Gasteiger partial charge in [0.15, 0.2) is 0 Å². The number of benzene rings is 1. The van der Waals surface area contributed by atoms with E-state index in [9.17, 15) is 14.4 Å². The molecule has 1 fully saturated rings. The number of primary amides is 1. The van der Waals surface area contributed by atoms with E-state index < -0.39 is 23.6 Å². The third-order valence-electron chi connectivity index (χ3n) is 3.29. The second-order valence-electron chi connectivity index (χ2n) is 5.07. The fraction of sp³-hybridized carbons (Fsp3) is 0.0625. The van der Waals surface area contributed by atoms with Crippen molar-refractivity contribution in [2.45, 2.75) is 0 Å². The Bertz CT molecular complexity index is 923. The molecule has 1 aromatic heterocycles. The van der Waals surface area contributed by atoms with Gasteiger partial charge >= 0.3 is 0 Å². The zero-order chi connectivity index (χ0) is 18.1. The van der Waals surface area contributed by atoms with Crippen LogP contribution < -0.4 is 5.73 Å². The zero-order valence-electron chi connectivity index (χ0n) is 12.5. The lowest BCUT2D eigenvalue weighted by molar-refractivity contribution is -0.127. The van der Waals surface area contributed by atoms with E-state index >= 15 is 0 Å². The standard InChI is InChI=1S/C16H10Cl2N2O4S/c17-10-3-1-8(5-11(10)18)12-4-2-9(24-12)6-13-15(22)20(7-14(19)21)16(23)25-13/h1-6H,7H2,(H2,19,21)/b13-6-. The number of halogens is 2. The van der Waals surface area contributed by atoms with Gasteiger partial charge in [-0.05, 0) is 42.1 Å². The van der Waals surface area contributed by atoms with Crippen molar-refractivity contribution in [1.82, 2.24) is 4.90 Å². The van der Waals surface area contributed by atoms with E-state index in [-0.39, 0.29) is 4.91 Å². The van der Waals surface area contributed by atoms with Crippen molar-refractivity contribution in [3.8, 4) is 11.3 Å². The number of nitrogens with zero attached hydrogens (tertiary/aromatic N) is 1. The molecule has 1 saturated heterocycles. The minimum atomic E-state index is -0.761. The molecule has 2 N–H and O–H groups in total. The quantitative estimate of drug-likeness (QED) is 0.793. The van der Waals surface area contributed by atoms with Gasteiger partial charge in [-0.2, -0.15) is 0 Å². The third kappa shape index (κ3) is 3.73. The monoisotopic (exact) mass is 396 g/mol. The molecule has 1 aromatic carbocycles. The van der Waals surface area contributed by atoms with E-state index in [4.69, 9.17) is 33.4 Å². The molecular weight excluding hydrogens is 387 g/mol. The van der Waals surface area contributed by atoms with Gasteiger partial charge < -0.3 is 10.2 Å². The van der Waals surface area contributed by atoms with Crippen molar-refractivity contribution in [1.29, 1.82) is 0 Å². The highest BCUT2D eigenvalue weighted by Crippen LogP contribution is 2.34. The third-order valence-corrected chi connectivity index (χ3v) is 4.94. The Hall–Kier alpha value is -2.22. The first-order valence-corrected chi connectivity index (χ1v) is 8.51. The maximum Gasteiger partial charge on any atom is 0.294 e. The number of amides is 3. The summed E-state index contributed by atoms with van der Waals surface area (Å²) in [6, 6.07) is 8.42. The molecule has 0 aliphatic carbocycles. The van der Waals surface area contributed by atoms with Gasteiger partial charge in [0, 0.05) is 11.6 Å². The summed E-state index contributed by atoms with van der Waals surface area (Å²) >= 11 is 12.6. The smallest absolute Gasteiger partial charge is 0.294 e. The number of furan rings is 1. The van der Waals surface area contributed by atoms with Crippen LogP contribution in [0.5, 0.6) is 0 Å². The Kier molecular flexibility index (Phi) is 4.89. The lowest BCUT2D eigenvalue weighted by atomic mass is 10.2. The molecule has 0 bridgehead atoms. The lowest BCUT2D eigenvalue weighted by Gasteiger charge is -2.08. The van der Waals surface area contributed by atoms with Crippen LogP contribution in [0, 0.1) is 0 Å². The summed E-state index contributed by atoms with van der Waals surface area (Å²) in [6.07, 6.45) is 1.44. The summed E-state index contributed by atoms with van der Waals surface area (Å²) in [5.74, 6) is -0.434. The molecule has 0 atom stereocenters. The van der Waals surface area contributed by atoms with Crippen molar-refractivity contribution in [3.05, 3.63) is 51.0 Å². The van der Waals surface area contributed by atoms with E-state index in [0.717, 1.165) is 22.2 Å². The molecule has 0 radical (unpaired) electrons. The number of nitrogens with two attached hydrogens (primary N) is 1. The largest absolute Gasteiger partial charge is 0.457 e. The molecular formula is C16H10Cl2N2O4S. The molecule has 6 nitrogen and oxygen atoms in total. The van der Waals surface area contributed by atoms with Gasteiger partial charge in [0.25, 0.3) is 11.1 Å². The minimum Gasteiger partial charge on any atom is -0.457 e. The summed E-state index contributed by atoms with van der Waals surface area (Å²) in [4.78, 5) is 35.8. The maximum absolute atomic E-state index is 12.1. The van der Waals surface area contributed by atoms with Gasteiger partial charge in [-0.1, -0.05) is 23.2 Å². The van der Waals surface area contributed by atoms with E-state index in [1.165, 1.54) is 6.08 Å². The molecule has 1 aliphatic heterocycles. The summed E-state index contributed by atoms with van der Waals surface area (Å²) in [5, 5.41) is 0.274. The molecule has 0 unspecified atom stereocenters. The molecule has 0 saturated carbocycles. The molecule has 9 heteroatoms. The number of thioether (sulfide) groups is 1. The molecule has 128 valence electrons. The van der Waals surface area contributed by atoms with Crippen LogP contribution in [0.3, 0.4) is 0 Å². The number of rotatable bonds is 4. The Labute approximate surface area is 156 Å². The highest BCUT2D eigenvalue weighted by Gasteiger charge is 2.36. The van der Waals surface area contributed by atoms with Gasteiger partial charge in [-0.25, -0.2) is 0 Å². The van der Waals surface area contributed by atoms with Crippen LogP contribution in [0.1, 0.15) is 5.76 Å². The molecule has 25 heavy (non-hydrogen) atoms. The van der Waals surface area contributed by atoms with Crippen LogP contribution in [0.2, 0.25) is 10.0 Å². The molecule has 3 amide bonds. The van der Waals surface area contributed by atoms with Crippen molar-refractivity contribution < 1.29 is 18.8 Å². The van der Waals surface area contributed by atoms with Gasteiger partial charge in [-0.15, -0.1) is 0 Å². The van der Waals surface area contributed by atoms with Crippen molar-refractivity contribution in [3.63, 3.8) is 0 Å². The second-order valence-corrected chi connectivity index (χ2v) is 6.87. The van der Waals surface area contributed by atoms with Crippen molar-refractivity contribution in [2.75, 3.05) is 6.54 Å². The first kappa shape index (κ1) is 17.6. The molecule has 3 rings (SSSR count). The summed E-state index contributed by atoms with van der Waals surface area (Å²) < 4.78 is 5.66. The Morgan fingerprint density at radius 1 is 1.20 bits per heavy atom. The SMILES string of the molecule is NC(=O)CN1C(=O)S/C(=C\c2ccc(-c3ccc(Cl)c(Cl)c3)o2)C1=O.